The van der Waals surface area contributed by atoms with Crippen molar-refractivity contribution in [2.75, 3.05) is 6.61 Å². The van der Waals surface area contributed by atoms with E-state index in [4.69, 9.17) is 5.11 Å². The van der Waals surface area contributed by atoms with Crippen LogP contribution in [0.4, 0.5) is 4.39 Å². The summed E-state index contributed by atoms with van der Waals surface area (Å²) in [6, 6.07) is 0. The zero-order valence-corrected chi connectivity index (χ0v) is 5.05. The van der Waals surface area contributed by atoms with Gasteiger partial charge >= 0.3 is 0 Å². The number of alkyl halides is 1. The highest BCUT2D eigenvalue weighted by atomic mass is 19.1. The minimum Gasteiger partial charge on any atom is -0.392 e. The third-order valence-corrected chi connectivity index (χ3v) is 1.27. The maximum atomic E-state index is 12.4. The molecule has 1 atom stereocenters. The molecule has 0 saturated heterocycles. The summed E-state index contributed by atoms with van der Waals surface area (Å²) in [6.45, 7) is -0.0586. The van der Waals surface area contributed by atoms with Crippen molar-refractivity contribution in [3.8, 4) is 0 Å². The molecule has 0 radical (unpaired) electrons. The molecule has 0 unspecified atom stereocenters. The Bertz CT molecular complexity index is 149. The summed E-state index contributed by atoms with van der Waals surface area (Å²) in [5, 5.41) is 8.52. The number of halogens is 1. The van der Waals surface area contributed by atoms with Gasteiger partial charge in [-0.2, -0.15) is 0 Å². The van der Waals surface area contributed by atoms with Crippen molar-refractivity contribution in [1.29, 1.82) is 0 Å². The molecule has 0 aromatic carbocycles. The molecule has 1 nitrogen and oxygen atoms in total. The summed E-state index contributed by atoms with van der Waals surface area (Å²) in [5.41, 5.74) is 0.675. The molecule has 0 spiro atoms. The number of hydrogen-bond donors (Lipinski definition) is 1. The van der Waals surface area contributed by atoms with E-state index in [2.05, 4.69) is 0 Å². The van der Waals surface area contributed by atoms with Gasteiger partial charge in [0.1, 0.15) is 6.17 Å². The van der Waals surface area contributed by atoms with Crippen LogP contribution in [0.5, 0.6) is 0 Å². The van der Waals surface area contributed by atoms with E-state index in [-0.39, 0.29) is 6.61 Å². The summed E-state index contributed by atoms with van der Waals surface area (Å²) in [6.07, 6.45) is 4.48. The summed E-state index contributed by atoms with van der Waals surface area (Å²) in [7, 11) is 0. The maximum absolute atomic E-state index is 12.4. The van der Waals surface area contributed by atoms with Crippen molar-refractivity contribution in [3.05, 3.63) is 23.8 Å². The van der Waals surface area contributed by atoms with Gasteiger partial charge in [0, 0.05) is 6.42 Å². The molecule has 9 heavy (non-hydrogen) atoms. The molecule has 0 fully saturated rings. The van der Waals surface area contributed by atoms with Crippen molar-refractivity contribution < 1.29 is 9.50 Å². The van der Waals surface area contributed by atoms with Crippen molar-refractivity contribution in [1.82, 2.24) is 0 Å². The van der Waals surface area contributed by atoms with Gasteiger partial charge in [-0.05, 0) is 11.6 Å². The fourth-order valence-electron chi connectivity index (χ4n) is 0.811. The van der Waals surface area contributed by atoms with Crippen LogP contribution in [0.25, 0.3) is 0 Å². The molecule has 0 saturated carbocycles. The normalized spacial score (nSPS) is 26.0. The van der Waals surface area contributed by atoms with E-state index in [0.29, 0.717) is 12.0 Å². The average Bonchev–Trinajstić information content (AvgIpc) is 1.88. The summed E-state index contributed by atoms with van der Waals surface area (Å²) < 4.78 is 12.4. The van der Waals surface area contributed by atoms with Crippen molar-refractivity contribution >= 4 is 0 Å². The predicted octanol–water partition coefficient (Wildman–Crippen LogP) is 1.20. The van der Waals surface area contributed by atoms with E-state index >= 15 is 0 Å². The first-order valence-corrected chi connectivity index (χ1v) is 2.95. The fourth-order valence-corrected chi connectivity index (χ4v) is 0.811. The Morgan fingerprint density at radius 3 is 3.00 bits per heavy atom. The van der Waals surface area contributed by atoms with Crippen LogP contribution < -0.4 is 0 Å². The molecule has 1 N–H and O–H groups in total. The lowest BCUT2D eigenvalue weighted by molar-refractivity contribution is 0.328. The lowest BCUT2D eigenvalue weighted by Gasteiger charge is -2.06. The highest BCUT2D eigenvalue weighted by Gasteiger charge is 2.04. The van der Waals surface area contributed by atoms with Gasteiger partial charge in [-0.25, -0.2) is 4.39 Å². The van der Waals surface area contributed by atoms with Crippen molar-refractivity contribution in [2.45, 2.75) is 12.6 Å². The van der Waals surface area contributed by atoms with E-state index in [1.54, 1.807) is 12.2 Å². The smallest absolute Gasteiger partial charge is 0.122 e. The molecule has 0 aromatic rings. The topological polar surface area (TPSA) is 20.2 Å². The van der Waals surface area contributed by atoms with Crippen molar-refractivity contribution in [2.24, 2.45) is 0 Å². The van der Waals surface area contributed by atoms with Gasteiger partial charge in [0.2, 0.25) is 0 Å². The Morgan fingerprint density at radius 1 is 1.78 bits per heavy atom. The molecule has 0 bridgehead atoms. The molecule has 2 heteroatoms. The molecule has 0 heterocycles. The Labute approximate surface area is 53.5 Å². The largest absolute Gasteiger partial charge is 0.392 e. The third kappa shape index (κ3) is 1.64. The van der Waals surface area contributed by atoms with Gasteiger partial charge in [0.15, 0.2) is 0 Å². The minimum atomic E-state index is -0.892. The molecule has 1 aliphatic carbocycles. The van der Waals surface area contributed by atoms with Gasteiger partial charge in [0.25, 0.3) is 0 Å². The number of aliphatic hydroxyl groups is 1. The van der Waals surface area contributed by atoms with E-state index in [0.717, 1.165) is 0 Å². The molecular formula is C7H9FO. The average molecular weight is 128 g/mol. The van der Waals surface area contributed by atoms with E-state index in [9.17, 15) is 4.39 Å². The van der Waals surface area contributed by atoms with Gasteiger partial charge in [0.05, 0.1) is 6.61 Å². The molecule has 1 aliphatic rings. The van der Waals surface area contributed by atoms with Crippen LogP contribution in [0.3, 0.4) is 0 Å². The van der Waals surface area contributed by atoms with Crippen LogP contribution in [-0.4, -0.2) is 17.9 Å². The van der Waals surface area contributed by atoms with Crippen LogP contribution in [-0.2, 0) is 0 Å². The second-order valence-corrected chi connectivity index (χ2v) is 2.05. The molecule has 0 amide bonds. The summed E-state index contributed by atoms with van der Waals surface area (Å²) in [4.78, 5) is 0. The predicted molar refractivity (Wildman–Crippen MR) is 33.8 cm³/mol. The lowest BCUT2D eigenvalue weighted by atomic mass is 10.1. The first kappa shape index (κ1) is 6.49. The monoisotopic (exact) mass is 128 g/mol. The Balaban J connectivity index is 2.59. The molecule has 0 aromatic heterocycles. The molecule has 50 valence electrons. The standard InChI is InChI=1S/C7H9FO/c8-7-3-1-2-6(4-7)5-9/h1-2,4,7,9H,3,5H2/t7-/m1/s1. The van der Waals surface area contributed by atoms with Gasteiger partial charge in [-0.3, -0.25) is 0 Å². The number of hydrogen-bond acceptors (Lipinski definition) is 1. The highest BCUT2D eigenvalue weighted by molar-refractivity contribution is 5.24. The van der Waals surface area contributed by atoms with Crippen LogP contribution in [0.1, 0.15) is 6.42 Å². The minimum absolute atomic E-state index is 0.0586. The second-order valence-electron chi connectivity index (χ2n) is 2.05. The van der Waals surface area contributed by atoms with E-state index in [1.807, 2.05) is 0 Å². The zero-order chi connectivity index (χ0) is 6.69. The SMILES string of the molecule is OCC1=C[C@H](F)CC=C1. The zero-order valence-electron chi connectivity index (χ0n) is 5.05. The van der Waals surface area contributed by atoms with Gasteiger partial charge in [-0.1, -0.05) is 12.2 Å². The molecule has 0 aliphatic heterocycles. The van der Waals surface area contributed by atoms with Crippen LogP contribution in [0.15, 0.2) is 23.8 Å². The Kier molecular flexibility index (Phi) is 2.01. The van der Waals surface area contributed by atoms with Crippen LogP contribution in [0.2, 0.25) is 0 Å². The van der Waals surface area contributed by atoms with Crippen LogP contribution >= 0.6 is 0 Å². The van der Waals surface area contributed by atoms with Gasteiger partial charge in [-0.15, -0.1) is 0 Å². The molecule has 1 rings (SSSR count). The van der Waals surface area contributed by atoms with Crippen LogP contribution in [0, 0.1) is 0 Å². The summed E-state index contributed by atoms with van der Waals surface area (Å²) >= 11 is 0. The highest BCUT2D eigenvalue weighted by Crippen LogP contribution is 2.11. The maximum Gasteiger partial charge on any atom is 0.122 e. The van der Waals surface area contributed by atoms with E-state index < -0.39 is 6.17 Å². The third-order valence-electron chi connectivity index (χ3n) is 1.27. The fraction of sp³-hybridized carbons (Fsp3) is 0.429. The Hall–Kier alpha value is -0.630. The summed E-state index contributed by atoms with van der Waals surface area (Å²) in [5.74, 6) is 0. The number of rotatable bonds is 1. The van der Waals surface area contributed by atoms with Gasteiger partial charge < -0.3 is 5.11 Å². The first-order chi connectivity index (χ1) is 4.33. The number of allylic oxidation sites excluding steroid dienone is 2. The van der Waals surface area contributed by atoms with E-state index in [1.165, 1.54) is 6.08 Å². The second kappa shape index (κ2) is 2.78. The lowest BCUT2D eigenvalue weighted by Crippen LogP contribution is -2.01. The molecular weight excluding hydrogens is 119 g/mol. The Morgan fingerprint density at radius 2 is 2.56 bits per heavy atom. The number of aliphatic hydroxyl groups excluding tert-OH is 1. The van der Waals surface area contributed by atoms with Crippen molar-refractivity contribution in [3.63, 3.8) is 0 Å². The first-order valence-electron chi connectivity index (χ1n) is 2.95. The quantitative estimate of drug-likeness (QED) is 0.562.